The van der Waals surface area contributed by atoms with Crippen molar-refractivity contribution < 1.29 is 14.3 Å². The predicted octanol–water partition coefficient (Wildman–Crippen LogP) is 0.319. The molecule has 0 radical (unpaired) electrons. The smallest absolute Gasteiger partial charge is 0.215 e. The van der Waals surface area contributed by atoms with Gasteiger partial charge in [-0.25, -0.2) is 0 Å². The van der Waals surface area contributed by atoms with Crippen LogP contribution in [0.5, 0.6) is 0 Å². The molecule has 0 spiro atoms. The van der Waals surface area contributed by atoms with E-state index in [1.165, 1.54) is 0 Å². The first-order valence-corrected chi connectivity index (χ1v) is 3.44. The van der Waals surface area contributed by atoms with Gasteiger partial charge in [0, 0.05) is 0 Å². The molecule has 0 N–H and O–H groups in total. The largest absolute Gasteiger partial charge is 0.343 e. The van der Waals surface area contributed by atoms with Crippen molar-refractivity contribution in [1.29, 1.82) is 0 Å². The summed E-state index contributed by atoms with van der Waals surface area (Å²) in [5.41, 5.74) is 0. The molecular formula is C4H5IO3. The normalized spacial score (nSPS) is 37.6. The Morgan fingerprint density at radius 3 is 2.75 bits per heavy atom. The van der Waals surface area contributed by atoms with E-state index < -0.39 is 6.29 Å². The quantitative estimate of drug-likeness (QED) is 0.368. The molecule has 3 nitrogen and oxygen atoms in total. The van der Waals surface area contributed by atoms with Crippen molar-refractivity contribution in [3.05, 3.63) is 0 Å². The summed E-state index contributed by atoms with van der Waals surface area (Å²) in [6.45, 7) is 0.518. The minimum atomic E-state index is -0.614. The second-order valence-corrected chi connectivity index (χ2v) is 2.77. The molecule has 0 aromatic heterocycles. The summed E-state index contributed by atoms with van der Waals surface area (Å²) in [6, 6.07) is 0. The summed E-state index contributed by atoms with van der Waals surface area (Å²) in [7, 11) is 0. The monoisotopic (exact) mass is 228 g/mol. The van der Waals surface area contributed by atoms with Gasteiger partial charge < -0.3 is 9.47 Å². The maximum atomic E-state index is 9.90. The third kappa shape index (κ3) is 1.40. The molecule has 46 valence electrons. The number of alkyl halides is 1. The van der Waals surface area contributed by atoms with Crippen LogP contribution >= 0.6 is 22.6 Å². The number of rotatable bonds is 1. The van der Waals surface area contributed by atoms with Gasteiger partial charge in [0.05, 0.1) is 6.61 Å². The Bertz CT molecular complexity index is 95.3. The highest BCUT2D eigenvalue weighted by atomic mass is 127. The molecule has 2 unspecified atom stereocenters. The highest BCUT2D eigenvalue weighted by molar-refractivity contribution is 14.1. The fourth-order valence-corrected chi connectivity index (χ4v) is 0.963. The average Bonchev–Trinajstić information content (AvgIpc) is 2.14. The van der Waals surface area contributed by atoms with Gasteiger partial charge in [-0.1, -0.05) is 0 Å². The van der Waals surface area contributed by atoms with Gasteiger partial charge in [0.2, 0.25) is 6.29 Å². The van der Waals surface area contributed by atoms with E-state index in [9.17, 15) is 4.79 Å². The first-order valence-electron chi connectivity index (χ1n) is 2.19. The van der Waals surface area contributed by atoms with Crippen LogP contribution < -0.4 is 0 Å². The predicted molar refractivity (Wildman–Crippen MR) is 34.7 cm³/mol. The lowest BCUT2D eigenvalue weighted by molar-refractivity contribution is -0.130. The van der Waals surface area contributed by atoms with Crippen LogP contribution in [-0.4, -0.2) is 23.3 Å². The van der Waals surface area contributed by atoms with Crippen molar-refractivity contribution >= 4 is 28.9 Å². The third-order valence-electron chi connectivity index (χ3n) is 0.784. The number of hydrogen-bond donors (Lipinski definition) is 0. The van der Waals surface area contributed by atoms with Gasteiger partial charge in [0.15, 0.2) is 6.29 Å². The van der Waals surface area contributed by atoms with Gasteiger partial charge in [-0.2, -0.15) is 0 Å². The molecule has 0 amide bonds. The molecule has 1 fully saturated rings. The number of aldehydes is 1. The lowest BCUT2D eigenvalue weighted by Crippen LogP contribution is -2.08. The Morgan fingerprint density at radius 2 is 2.50 bits per heavy atom. The van der Waals surface area contributed by atoms with E-state index in [1.807, 2.05) is 0 Å². The minimum Gasteiger partial charge on any atom is -0.343 e. The Balaban J connectivity index is 2.32. The zero-order valence-electron chi connectivity index (χ0n) is 4.04. The van der Waals surface area contributed by atoms with Crippen molar-refractivity contribution in [2.24, 2.45) is 0 Å². The molecule has 0 saturated carbocycles. The molecule has 8 heavy (non-hydrogen) atoms. The molecule has 2 atom stereocenters. The number of halogens is 1. The molecule has 1 saturated heterocycles. The van der Waals surface area contributed by atoms with Crippen molar-refractivity contribution in [3.8, 4) is 0 Å². The average molecular weight is 228 g/mol. The van der Waals surface area contributed by atoms with Crippen LogP contribution in [0.25, 0.3) is 0 Å². The summed E-state index contributed by atoms with van der Waals surface area (Å²) < 4.78 is 9.77. The van der Waals surface area contributed by atoms with E-state index >= 15 is 0 Å². The number of hydrogen-bond acceptors (Lipinski definition) is 3. The summed E-state index contributed by atoms with van der Waals surface area (Å²) >= 11 is 2.06. The Kier molecular flexibility index (Phi) is 2.21. The second kappa shape index (κ2) is 2.75. The molecule has 0 aromatic carbocycles. The van der Waals surface area contributed by atoms with Gasteiger partial charge in [-0.05, 0) is 22.6 Å². The molecule has 1 aliphatic heterocycles. The van der Waals surface area contributed by atoms with Crippen LogP contribution in [0.2, 0.25) is 0 Å². The zero-order valence-corrected chi connectivity index (χ0v) is 6.20. The van der Waals surface area contributed by atoms with E-state index in [1.54, 1.807) is 0 Å². The number of carbonyl (C=O) groups excluding carboxylic acids is 1. The lowest BCUT2D eigenvalue weighted by atomic mass is 10.7. The van der Waals surface area contributed by atoms with Crippen LogP contribution in [0.3, 0.4) is 0 Å². The Morgan fingerprint density at radius 1 is 1.75 bits per heavy atom. The Labute approximate surface area is 60.5 Å². The molecule has 4 heteroatoms. The number of carbonyl (C=O) groups is 1. The standard InChI is InChI=1S/C4H5IO3/c5-3-2-7-4(1-6)8-3/h1,3-4H,2H2. The third-order valence-corrected chi connectivity index (χ3v) is 1.44. The highest BCUT2D eigenvalue weighted by Crippen LogP contribution is 2.14. The van der Waals surface area contributed by atoms with Gasteiger partial charge in [0.25, 0.3) is 0 Å². The molecular weight excluding hydrogens is 223 g/mol. The maximum absolute atomic E-state index is 9.90. The molecule has 1 aliphatic rings. The molecule has 0 bridgehead atoms. The first-order chi connectivity index (χ1) is 3.83. The lowest BCUT2D eigenvalue weighted by Gasteiger charge is -1.96. The zero-order chi connectivity index (χ0) is 5.98. The van der Waals surface area contributed by atoms with Crippen molar-refractivity contribution in [2.45, 2.75) is 10.4 Å². The van der Waals surface area contributed by atoms with Gasteiger partial charge >= 0.3 is 0 Å². The van der Waals surface area contributed by atoms with E-state index in [2.05, 4.69) is 22.6 Å². The van der Waals surface area contributed by atoms with Gasteiger partial charge in [0.1, 0.15) is 4.11 Å². The van der Waals surface area contributed by atoms with Crippen LogP contribution in [0, 0.1) is 0 Å². The molecule has 1 rings (SSSR count). The van der Waals surface area contributed by atoms with Crippen molar-refractivity contribution in [1.82, 2.24) is 0 Å². The van der Waals surface area contributed by atoms with Crippen LogP contribution in [0.15, 0.2) is 0 Å². The fourth-order valence-electron chi connectivity index (χ4n) is 0.466. The Hall–Kier alpha value is 0.320. The topological polar surface area (TPSA) is 35.5 Å². The fraction of sp³-hybridized carbons (Fsp3) is 0.750. The van der Waals surface area contributed by atoms with Gasteiger partial charge in [-0.15, -0.1) is 0 Å². The summed E-state index contributed by atoms with van der Waals surface area (Å²) in [5, 5.41) is 0. The van der Waals surface area contributed by atoms with E-state index in [-0.39, 0.29) is 4.11 Å². The maximum Gasteiger partial charge on any atom is 0.215 e. The molecule has 0 aromatic rings. The molecule has 1 heterocycles. The van der Waals surface area contributed by atoms with Crippen LogP contribution in [0.1, 0.15) is 0 Å². The second-order valence-electron chi connectivity index (χ2n) is 1.38. The summed E-state index contributed by atoms with van der Waals surface area (Å²) in [5.74, 6) is 0. The minimum absolute atomic E-state index is 0.0443. The summed E-state index contributed by atoms with van der Waals surface area (Å²) in [4.78, 5) is 9.90. The SMILES string of the molecule is O=CC1OCC(I)O1. The summed E-state index contributed by atoms with van der Waals surface area (Å²) in [6.07, 6.45) is 0.0375. The van der Waals surface area contributed by atoms with Gasteiger partial charge in [-0.3, -0.25) is 4.79 Å². The van der Waals surface area contributed by atoms with Crippen LogP contribution in [0.4, 0.5) is 0 Å². The molecule has 0 aliphatic carbocycles. The van der Waals surface area contributed by atoms with E-state index in [4.69, 9.17) is 9.47 Å². The van der Waals surface area contributed by atoms with Crippen molar-refractivity contribution in [2.75, 3.05) is 6.61 Å². The van der Waals surface area contributed by atoms with Crippen LogP contribution in [-0.2, 0) is 14.3 Å². The first kappa shape index (κ1) is 6.44. The van der Waals surface area contributed by atoms with E-state index in [0.717, 1.165) is 0 Å². The van der Waals surface area contributed by atoms with E-state index in [0.29, 0.717) is 12.9 Å². The van der Waals surface area contributed by atoms with Crippen molar-refractivity contribution in [3.63, 3.8) is 0 Å². The number of ether oxygens (including phenoxy) is 2. The highest BCUT2D eigenvalue weighted by Gasteiger charge is 2.22.